The van der Waals surface area contributed by atoms with Gasteiger partial charge in [-0.05, 0) is 51.1 Å². The molecule has 4 rings (SSSR count). The predicted molar refractivity (Wildman–Crippen MR) is 110 cm³/mol. The number of rotatable bonds is 5. The summed E-state index contributed by atoms with van der Waals surface area (Å²) in [4.78, 5) is 29.4. The maximum atomic E-state index is 13.1. The fraction of sp³-hybridized carbons (Fsp3) is 0.182. The molecule has 3 aromatic heterocycles. The number of aromatic nitrogens is 3. The minimum atomic E-state index is -0.311. The van der Waals surface area contributed by atoms with E-state index in [2.05, 4.69) is 15.4 Å². The highest BCUT2D eigenvalue weighted by Crippen LogP contribution is 2.27. The molecule has 0 radical (unpaired) electrons. The van der Waals surface area contributed by atoms with E-state index in [4.69, 9.17) is 4.42 Å². The maximum Gasteiger partial charge on any atom is 0.256 e. The summed E-state index contributed by atoms with van der Waals surface area (Å²) in [6.45, 7) is 5.49. The molecule has 0 spiro atoms. The third kappa shape index (κ3) is 3.54. The van der Waals surface area contributed by atoms with Crippen molar-refractivity contribution in [3.8, 4) is 11.5 Å². The van der Waals surface area contributed by atoms with Crippen LogP contribution in [0.1, 0.15) is 47.5 Å². The summed E-state index contributed by atoms with van der Waals surface area (Å²) in [6, 6.07) is 12.2. The highest BCUT2D eigenvalue weighted by Gasteiger charge is 2.19. The number of carbonyl (C=O) groups is 2. The molecule has 0 unspecified atom stereocenters. The molecule has 7 heteroatoms. The lowest BCUT2D eigenvalue weighted by atomic mass is 10.1. The molecule has 4 aromatic rings. The highest BCUT2D eigenvalue weighted by molar-refractivity contribution is 6.12. The van der Waals surface area contributed by atoms with Gasteiger partial charge in [0, 0.05) is 17.3 Å². The predicted octanol–water partition coefficient (Wildman–Crippen LogP) is 4.73. The fourth-order valence-corrected chi connectivity index (χ4v) is 3.15. The van der Waals surface area contributed by atoms with Crippen molar-refractivity contribution < 1.29 is 14.0 Å². The maximum absolute atomic E-state index is 13.1. The molecule has 0 aliphatic heterocycles. The Labute approximate surface area is 167 Å². The monoisotopic (exact) mass is 388 g/mol. The summed E-state index contributed by atoms with van der Waals surface area (Å²) in [5.74, 6) is 0.191. The first-order valence-electron chi connectivity index (χ1n) is 9.28. The number of Topliss-reactive ketones (excluding diaryl/α,β-unsaturated/α-hetero) is 1. The van der Waals surface area contributed by atoms with Gasteiger partial charge in [0.2, 0.25) is 0 Å². The number of benzene rings is 1. The summed E-state index contributed by atoms with van der Waals surface area (Å²) in [7, 11) is 0. The molecule has 0 aliphatic rings. The van der Waals surface area contributed by atoms with Gasteiger partial charge in [0.15, 0.2) is 17.2 Å². The van der Waals surface area contributed by atoms with Gasteiger partial charge in [-0.3, -0.25) is 9.59 Å². The number of carbonyl (C=O) groups excluding carboxylic acids is 2. The van der Waals surface area contributed by atoms with Crippen molar-refractivity contribution in [2.45, 2.75) is 26.8 Å². The number of nitrogens with one attached hydrogen (secondary N) is 1. The topological polar surface area (TPSA) is 90.0 Å². The second-order valence-electron chi connectivity index (χ2n) is 7.04. The Hall–Kier alpha value is -3.74. The Morgan fingerprint density at radius 2 is 1.97 bits per heavy atom. The number of hydrogen-bond acceptors (Lipinski definition) is 5. The van der Waals surface area contributed by atoms with E-state index < -0.39 is 0 Å². The van der Waals surface area contributed by atoms with Crippen LogP contribution in [0.15, 0.2) is 59.3 Å². The molecule has 1 N–H and O–H groups in total. The molecule has 146 valence electrons. The van der Waals surface area contributed by atoms with Gasteiger partial charge < -0.3 is 9.73 Å². The van der Waals surface area contributed by atoms with Crippen LogP contribution in [0.25, 0.3) is 22.5 Å². The van der Waals surface area contributed by atoms with Crippen LogP contribution in [0, 0.1) is 0 Å². The second-order valence-corrected chi connectivity index (χ2v) is 7.04. The Balaban J connectivity index is 1.80. The quantitative estimate of drug-likeness (QED) is 0.499. The molecular weight excluding hydrogens is 368 g/mol. The number of ketones is 1. The molecule has 0 atom stereocenters. The average molecular weight is 388 g/mol. The minimum Gasteiger partial charge on any atom is -0.463 e. The SMILES string of the molecule is CC(=O)c1cccc(NC(=O)c2cc(-c3ccco3)nc3c2cnn3C(C)C)c1. The highest BCUT2D eigenvalue weighted by atomic mass is 16.3. The van der Waals surface area contributed by atoms with Crippen LogP contribution in [-0.2, 0) is 0 Å². The molecule has 1 aromatic carbocycles. The summed E-state index contributed by atoms with van der Waals surface area (Å²) < 4.78 is 7.25. The molecule has 7 nitrogen and oxygen atoms in total. The van der Waals surface area contributed by atoms with Crippen molar-refractivity contribution in [2.75, 3.05) is 5.32 Å². The summed E-state index contributed by atoms with van der Waals surface area (Å²) in [5, 5.41) is 7.92. The van der Waals surface area contributed by atoms with Gasteiger partial charge in [0.05, 0.1) is 23.4 Å². The van der Waals surface area contributed by atoms with Crippen molar-refractivity contribution in [1.29, 1.82) is 0 Å². The molecule has 0 fully saturated rings. The first-order chi connectivity index (χ1) is 13.9. The number of furan rings is 1. The van der Waals surface area contributed by atoms with Crippen LogP contribution in [0.3, 0.4) is 0 Å². The van der Waals surface area contributed by atoms with E-state index >= 15 is 0 Å². The third-order valence-corrected chi connectivity index (χ3v) is 4.60. The standard InChI is InChI=1S/C22H20N4O3/c1-13(2)26-21-18(12-23-26)17(11-19(25-21)20-8-5-9-29-20)22(28)24-16-7-4-6-15(10-16)14(3)27/h4-13H,1-3H3,(H,24,28). The zero-order valence-electron chi connectivity index (χ0n) is 16.3. The fourth-order valence-electron chi connectivity index (χ4n) is 3.15. The van der Waals surface area contributed by atoms with Crippen LogP contribution in [0.5, 0.6) is 0 Å². The van der Waals surface area contributed by atoms with Crippen molar-refractivity contribution in [3.63, 3.8) is 0 Å². The van der Waals surface area contributed by atoms with Gasteiger partial charge in [-0.2, -0.15) is 5.10 Å². The van der Waals surface area contributed by atoms with E-state index in [-0.39, 0.29) is 17.7 Å². The van der Waals surface area contributed by atoms with E-state index in [0.717, 1.165) is 0 Å². The largest absolute Gasteiger partial charge is 0.463 e. The Kier molecular flexibility index (Phi) is 4.72. The Morgan fingerprint density at radius 3 is 2.66 bits per heavy atom. The lowest BCUT2D eigenvalue weighted by Gasteiger charge is -2.10. The molecule has 0 bridgehead atoms. The lowest BCUT2D eigenvalue weighted by molar-refractivity contribution is 0.101. The molecular formula is C22H20N4O3. The van der Waals surface area contributed by atoms with Gasteiger partial charge >= 0.3 is 0 Å². The number of amides is 1. The lowest BCUT2D eigenvalue weighted by Crippen LogP contribution is -2.13. The smallest absolute Gasteiger partial charge is 0.256 e. The van der Waals surface area contributed by atoms with Gasteiger partial charge in [-0.1, -0.05) is 12.1 Å². The number of anilines is 1. The first-order valence-corrected chi connectivity index (χ1v) is 9.28. The van der Waals surface area contributed by atoms with Crippen molar-refractivity contribution in [2.24, 2.45) is 0 Å². The van der Waals surface area contributed by atoms with E-state index in [1.165, 1.54) is 6.92 Å². The number of pyridine rings is 1. The zero-order valence-corrected chi connectivity index (χ0v) is 16.3. The second kappa shape index (κ2) is 7.35. The van der Waals surface area contributed by atoms with E-state index in [1.807, 2.05) is 13.8 Å². The average Bonchev–Trinajstić information content (AvgIpc) is 3.37. The molecule has 0 aliphatic carbocycles. The minimum absolute atomic E-state index is 0.0642. The Bertz CT molecular complexity index is 1210. The number of fused-ring (bicyclic) bond motifs is 1. The summed E-state index contributed by atoms with van der Waals surface area (Å²) in [6.07, 6.45) is 3.21. The summed E-state index contributed by atoms with van der Waals surface area (Å²) in [5.41, 5.74) is 2.67. The van der Waals surface area contributed by atoms with Gasteiger partial charge in [-0.25, -0.2) is 9.67 Å². The van der Waals surface area contributed by atoms with Crippen LogP contribution < -0.4 is 5.32 Å². The van der Waals surface area contributed by atoms with Gasteiger partial charge in [0.25, 0.3) is 5.91 Å². The van der Waals surface area contributed by atoms with Crippen molar-refractivity contribution in [3.05, 3.63) is 66.1 Å². The van der Waals surface area contributed by atoms with Crippen LogP contribution in [0.2, 0.25) is 0 Å². The first kappa shape index (κ1) is 18.6. The van der Waals surface area contributed by atoms with Crippen molar-refractivity contribution in [1.82, 2.24) is 14.8 Å². The van der Waals surface area contributed by atoms with E-state index in [0.29, 0.717) is 39.3 Å². The van der Waals surface area contributed by atoms with E-state index in [9.17, 15) is 9.59 Å². The van der Waals surface area contributed by atoms with Gasteiger partial charge in [0.1, 0.15) is 5.69 Å². The van der Waals surface area contributed by atoms with Gasteiger partial charge in [-0.15, -0.1) is 0 Å². The third-order valence-electron chi connectivity index (χ3n) is 4.60. The Morgan fingerprint density at radius 1 is 1.14 bits per heavy atom. The van der Waals surface area contributed by atoms with Crippen LogP contribution in [0.4, 0.5) is 5.69 Å². The number of hydrogen-bond donors (Lipinski definition) is 1. The summed E-state index contributed by atoms with van der Waals surface area (Å²) >= 11 is 0. The molecule has 0 saturated heterocycles. The normalized spacial score (nSPS) is 11.2. The van der Waals surface area contributed by atoms with Crippen LogP contribution >= 0.6 is 0 Å². The molecule has 1 amide bonds. The molecule has 3 heterocycles. The zero-order chi connectivity index (χ0) is 20.5. The van der Waals surface area contributed by atoms with Crippen LogP contribution in [-0.4, -0.2) is 26.5 Å². The molecule has 0 saturated carbocycles. The number of nitrogens with zero attached hydrogens (tertiary/aromatic N) is 3. The van der Waals surface area contributed by atoms with E-state index in [1.54, 1.807) is 59.6 Å². The molecule has 29 heavy (non-hydrogen) atoms. The van der Waals surface area contributed by atoms with Crippen molar-refractivity contribution >= 4 is 28.4 Å².